The summed E-state index contributed by atoms with van der Waals surface area (Å²) in [5, 5.41) is 10.2. The first-order valence-electron chi connectivity index (χ1n) is 11.2. The lowest BCUT2D eigenvalue weighted by atomic mass is 10.0. The van der Waals surface area contributed by atoms with E-state index in [4.69, 9.17) is 30.5 Å². The maximum Gasteiger partial charge on any atom is 0.343 e. The number of carbonyl (C=O) groups is 1. The molecular formula is C28H26ClNO5. The number of ether oxygens (including phenoxy) is 4. The maximum absolute atomic E-state index is 13.0. The summed E-state index contributed by atoms with van der Waals surface area (Å²) >= 11 is 6.06. The second-order valence-electron chi connectivity index (χ2n) is 7.24. The quantitative estimate of drug-likeness (QED) is 0.134. The Bertz CT molecular complexity index is 1240. The molecule has 0 aliphatic heterocycles. The number of carbonyl (C=O) groups excluding carboxylic acids is 1. The predicted molar refractivity (Wildman–Crippen MR) is 136 cm³/mol. The van der Waals surface area contributed by atoms with Gasteiger partial charge in [0.15, 0.2) is 11.5 Å². The van der Waals surface area contributed by atoms with Gasteiger partial charge in [0, 0.05) is 5.02 Å². The van der Waals surface area contributed by atoms with Gasteiger partial charge in [0.05, 0.1) is 37.0 Å². The predicted octanol–water partition coefficient (Wildman–Crippen LogP) is 6.82. The van der Waals surface area contributed by atoms with Crippen molar-refractivity contribution in [2.45, 2.75) is 20.8 Å². The average molecular weight is 492 g/mol. The Balaban J connectivity index is 1.89. The van der Waals surface area contributed by atoms with Crippen LogP contribution in [-0.2, 0) is 0 Å². The molecule has 0 aliphatic rings. The van der Waals surface area contributed by atoms with Crippen molar-refractivity contribution in [3.8, 4) is 29.1 Å². The second kappa shape index (κ2) is 12.5. The smallest absolute Gasteiger partial charge is 0.343 e. The van der Waals surface area contributed by atoms with E-state index in [2.05, 4.69) is 6.07 Å². The SMILES string of the molecule is CCOc1cc(C(=O)Oc2cccc(/C=C(/C#N)c3cccc(Cl)c3)c2)cc(OCC)c1OCC. The molecule has 3 aromatic rings. The summed E-state index contributed by atoms with van der Waals surface area (Å²) in [5.41, 5.74) is 2.09. The monoisotopic (exact) mass is 491 g/mol. The largest absolute Gasteiger partial charge is 0.490 e. The zero-order chi connectivity index (χ0) is 25.2. The highest BCUT2D eigenvalue weighted by atomic mass is 35.5. The third-order valence-electron chi connectivity index (χ3n) is 4.78. The molecule has 0 bridgehead atoms. The third kappa shape index (κ3) is 6.78. The van der Waals surface area contributed by atoms with Gasteiger partial charge in [-0.1, -0.05) is 35.9 Å². The highest BCUT2D eigenvalue weighted by molar-refractivity contribution is 6.30. The maximum atomic E-state index is 13.0. The summed E-state index contributed by atoms with van der Waals surface area (Å²) in [6.45, 7) is 6.76. The van der Waals surface area contributed by atoms with Crippen molar-refractivity contribution in [2.24, 2.45) is 0 Å². The number of hydrogen-bond acceptors (Lipinski definition) is 6. The van der Waals surface area contributed by atoms with E-state index in [1.165, 1.54) is 0 Å². The number of benzene rings is 3. The van der Waals surface area contributed by atoms with E-state index >= 15 is 0 Å². The molecule has 0 atom stereocenters. The van der Waals surface area contributed by atoms with Crippen LogP contribution in [0.3, 0.4) is 0 Å². The van der Waals surface area contributed by atoms with Crippen molar-refractivity contribution in [2.75, 3.05) is 19.8 Å². The fourth-order valence-corrected chi connectivity index (χ4v) is 3.53. The van der Waals surface area contributed by atoms with Crippen LogP contribution in [-0.4, -0.2) is 25.8 Å². The van der Waals surface area contributed by atoms with Crippen LogP contribution in [0.4, 0.5) is 0 Å². The minimum Gasteiger partial charge on any atom is -0.490 e. The molecule has 0 fully saturated rings. The van der Waals surface area contributed by atoms with Crippen molar-refractivity contribution in [3.63, 3.8) is 0 Å². The van der Waals surface area contributed by atoms with E-state index in [1.807, 2.05) is 32.9 Å². The summed E-state index contributed by atoms with van der Waals surface area (Å²) in [4.78, 5) is 13.0. The number of allylic oxidation sites excluding steroid dienone is 1. The van der Waals surface area contributed by atoms with Gasteiger partial charge in [-0.15, -0.1) is 0 Å². The molecule has 0 heterocycles. The van der Waals surface area contributed by atoms with Gasteiger partial charge in [0.2, 0.25) is 5.75 Å². The van der Waals surface area contributed by atoms with E-state index < -0.39 is 5.97 Å². The van der Waals surface area contributed by atoms with Gasteiger partial charge in [0.1, 0.15) is 5.75 Å². The first-order chi connectivity index (χ1) is 17.0. The number of nitriles is 1. The first-order valence-corrected chi connectivity index (χ1v) is 11.6. The fourth-order valence-electron chi connectivity index (χ4n) is 3.34. The molecule has 0 amide bonds. The van der Waals surface area contributed by atoms with Crippen molar-refractivity contribution in [1.29, 1.82) is 5.26 Å². The van der Waals surface area contributed by atoms with Crippen LogP contribution in [0.25, 0.3) is 11.6 Å². The lowest BCUT2D eigenvalue weighted by molar-refractivity contribution is 0.0733. The number of rotatable bonds is 10. The number of halogens is 1. The van der Waals surface area contributed by atoms with Crippen LogP contribution in [0.5, 0.6) is 23.0 Å². The van der Waals surface area contributed by atoms with Gasteiger partial charge in [-0.05, 0) is 74.4 Å². The third-order valence-corrected chi connectivity index (χ3v) is 5.02. The van der Waals surface area contributed by atoms with E-state index in [9.17, 15) is 10.1 Å². The molecule has 3 rings (SSSR count). The molecule has 0 aliphatic carbocycles. The number of esters is 1. The lowest BCUT2D eigenvalue weighted by Gasteiger charge is -2.16. The van der Waals surface area contributed by atoms with Crippen LogP contribution in [0.1, 0.15) is 42.3 Å². The molecule has 35 heavy (non-hydrogen) atoms. The molecule has 0 saturated carbocycles. The van der Waals surface area contributed by atoms with Crippen molar-refractivity contribution in [1.82, 2.24) is 0 Å². The number of hydrogen-bond donors (Lipinski definition) is 0. The molecule has 0 saturated heterocycles. The zero-order valence-electron chi connectivity index (χ0n) is 19.8. The summed E-state index contributed by atoms with van der Waals surface area (Å²) in [5.74, 6) is 1.02. The van der Waals surface area contributed by atoms with Crippen molar-refractivity contribution < 1.29 is 23.7 Å². The topological polar surface area (TPSA) is 77.8 Å². The Morgan fingerprint density at radius 2 is 1.54 bits per heavy atom. The second-order valence-corrected chi connectivity index (χ2v) is 7.68. The van der Waals surface area contributed by atoms with Gasteiger partial charge in [0.25, 0.3) is 0 Å². The summed E-state index contributed by atoms with van der Waals surface area (Å²) < 4.78 is 22.7. The van der Waals surface area contributed by atoms with Crippen LogP contribution >= 0.6 is 11.6 Å². The van der Waals surface area contributed by atoms with Crippen molar-refractivity contribution in [3.05, 3.63) is 82.4 Å². The normalized spacial score (nSPS) is 10.9. The van der Waals surface area contributed by atoms with Gasteiger partial charge in [-0.2, -0.15) is 5.26 Å². The van der Waals surface area contributed by atoms with Gasteiger partial charge < -0.3 is 18.9 Å². The Labute approximate surface area is 210 Å². The Morgan fingerprint density at radius 1 is 0.886 bits per heavy atom. The van der Waals surface area contributed by atoms with Gasteiger partial charge >= 0.3 is 5.97 Å². The van der Waals surface area contributed by atoms with Crippen LogP contribution in [0.15, 0.2) is 60.7 Å². The Morgan fingerprint density at radius 3 is 2.14 bits per heavy atom. The summed E-state index contributed by atoms with van der Waals surface area (Å²) in [7, 11) is 0. The Kier molecular flexibility index (Phi) is 9.16. The molecule has 0 radical (unpaired) electrons. The zero-order valence-corrected chi connectivity index (χ0v) is 20.6. The molecule has 7 heteroatoms. The van der Waals surface area contributed by atoms with Gasteiger partial charge in [-0.3, -0.25) is 0 Å². The molecule has 3 aromatic carbocycles. The van der Waals surface area contributed by atoms with E-state index in [0.29, 0.717) is 64.5 Å². The highest BCUT2D eigenvalue weighted by Crippen LogP contribution is 2.39. The lowest BCUT2D eigenvalue weighted by Crippen LogP contribution is -2.11. The summed E-state index contributed by atoms with van der Waals surface area (Å²) in [6.07, 6.45) is 1.71. The molecule has 0 aromatic heterocycles. The van der Waals surface area contributed by atoms with Crippen molar-refractivity contribution >= 4 is 29.2 Å². The minimum absolute atomic E-state index is 0.262. The molecule has 6 nitrogen and oxygen atoms in total. The molecular weight excluding hydrogens is 466 g/mol. The highest BCUT2D eigenvalue weighted by Gasteiger charge is 2.19. The van der Waals surface area contributed by atoms with Gasteiger partial charge in [-0.25, -0.2) is 4.79 Å². The summed E-state index contributed by atoms with van der Waals surface area (Å²) in [6, 6.07) is 19.3. The van der Waals surface area contributed by atoms with E-state index in [0.717, 1.165) is 0 Å². The number of nitrogens with zero attached hydrogens (tertiary/aromatic N) is 1. The van der Waals surface area contributed by atoms with Crippen LogP contribution in [0, 0.1) is 11.3 Å². The average Bonchev–Trinajstić information content (AvgIpc) is 2.85. The van der Waals surface area contributed by atoms with Crippen LogP contribution in [0.2, 0.25) is 5.02 Å². The molecule has 0 unspecified atom stereocenters. The van der Waals surface area contributed by atoms with Crippen LogP contribution < -0.4 is 18.9 Å². The molecule has 180 valence electrons. The Hall–Kier alpha value is -3.95. The van der Waals surface area contributed by atoms with E-state index in [1.54, 1.807) is 54.6 Å². The molecule has 0 N–H and O–H groups in total. The first kappa shape index (κ1) is 25.7. The minimum atomic E-state index is -0.577. The molecule has 0 spiro atoms. The standard InChI is InChI=1S/C28H26ClNO5/c1-4-32-25-16-21(17-26(33-5-2)27(25)34-6-3)28(31)35-24-12-7-9-19(14-24)13-22(18-30)20-10-8-11-23(29)15-20/h7-17H,4-6H2,1-3H3/b22-13-. The van der Waals surface area contributed by atoms with E-state index in [-0.39, 0.29) is 5.56 Å². The fraction of sp³-hybridized carbons (Fsp3) is 0.214.